The maximum atomic E-state index is 12.3. The lowest BCUT2D eigenvalue weighted by molar-refractivity contribution is -0.130. The fourth-order valence-electron chi connectivity index (χ4n) is 2.80. The van der Waals surface area contributed by atoms with Gasteiger partial charge in [-0.15, -0.1) is 12.4 Å². The molecule has 6 nitrogen and oxygen atoms in total. The predicted molar refractivity (Wildman–Crippen MR) is 83.0 cm³/mol. The van der Waals surface area contributed by atoms with Gasteiger partial charge in [0.05, 0.1) is 11.1 Å². The number of hydrogen-bond acceptors (Lipinski definition) is 4. The number of fused-ring (bicyclic) bond motifs is 1. The van der Waals surface area contributed by atoms with Crippen LogP contribution in [0, 0.1) is 6.92 Å². The van der Waals surface area contributed by atoms with Crippen LogP contribution in [-0.2, 0) is 4.79 Å². The first-order valence-electron chi connectivity index (χ1n) is 6.97. The van der Waals surface area contributed by atoms with Crippen molar-refractivity contribution < 1.29 is 14.4 Å². The summed E-state index contributed by atoms with van der Waals surface area (Å²) in [5.74, 6) is -1.02. The molecule has 1 fully saturated rings. The fourth-order valence-corrected chi connectivity index (χ4v) is 2.80. The van der Waals surface area contributed by atoms with Crippen molar-refractivity contribution in [2.24, 2.45) is 5.73 Å². The van der Waals surface area contributed by atoms with Crippen molar-refractivity contribution >= 4 is 30.1 Å². The summed E-state index contributed by atoms with van der Waals surface area (Å²) in [6.45, 7) is 2.72. The first-order chi connectivity index (χ1) is 9.97. The highest BCUT2D eigenvalue weighted by Crippen LogP contribution is 2.24. The van der Waals surface area contributed by atoms with Crippen LogP contribution in [0.25, 0.3) is 0 Å². The molecule has 0 radical (unpaired) electrons. The number of nitrogens with zero attached hydrogens (tertiary/aromatic N) is 2. The lowest BCUT2D eigenvalue weighted by Gasteiger charge is -2.19. The molecule has 0 spiro atoms. The zero-order valence-electron chi connectivity index (χ0n) is 12.2. The Kier molecular flexibility index (Phi) is 4.53. The van der Waals surface area contributed by atoms with Crippen molar-refractivity contribution in [1.82, 2.24) is 9.80 Å². The van der Waals surface area contributed by atoms with Gasteiger partial charge in [0.25, 0.3) is 11.8 Å². The van der Waals surface area contributed by atoms with Crippen molar-refractivity contribution in [1.29, 1.82) is 0 Å². The van der Waals surface area contributed by atoms with Crippen molar-refractivity contribution in [3.05, 3.63) is 34.9 Å². The SMILES string of the molecule is Cc1ccc2c(c1)C(=O)N(CC(=O)N1CC[C@@H](N)C1)C2=O.Cl. The van der Waals surface area contributed by atoms with Gasteiger partial charge in [-0.05, 0) is 25.5 Å². The molecule has 0 aromatic heterocycles. The van der Waals surface area contributed by atoms with E-state index in [-0.39, 0.29) is 30.9 Å². The van der Waals surface area contributed by atoms with E-state index in [1.54, 1.807) is 23.1 Å². The van der Waals surface area contributed by atoms with Crippen LogP contribution >= 0.6 is 12.4 Å². The largest absolute Gasteiger partial charge is 0.340 e. The molecule has 2 aliphatic rings. The molecule has 7 heteroatoms. The number of halogens is 1. The number of hydrogen-bond donors (Lipinski definition) is 1. The summed E-state index contributed by atoms with van der Waals surface area (Å²) >= 11 is 0. The summed E-state index contributed by atoms with van der Waals surface area (Å²) in [7, 11) is 0. The Bertz CT molecular complexity index is 647. The second-order valence-electron chi connectivity index (χ2n) is 5.63. The molecule has 1 saturated heterocycles. The van der Waals surface area contributed by atoms with E-state index in [0.717, 1.165) is 16.9 Å². The van der Waals surface area contributed by atoms with Crippen molar-refractivity contribution in [3.8, 4) is 0 Å². The molecule has 22 heavy (non-hydrogen) atoms. The molecule has 2 N–H and O–H groups in total. The highest BCUT2D eigenvalue weighted by atomic mass is 35.5. The fraction of sp³-hybridized carbons (Fsp3) is 0.400. The Labute approximate surface area is 134 Å². The van der Waals surface area contributed by atoms with Crippen LogP contribution < -0.4 is 5.73 Å². The quantitative estimate of drug-likeness (QED) is 0.807. The zero-order valence-corrected chi connectivity index (χ0v) is 13.1. The number of nitrogens with two attached hydrogens (primary N) is 1. The van der Waals surface area contributed by atoms with Crippen molar-refractivity contribution in [2.45, 2.75) is 19.4 Å². The van der Waals surface area contributed by atoms with Crippen LogP contribution in [0.3, 0.4) is 0 Å². The number of rotatable bonds is 2. The molecule has 0 aliphatic carbocycles. The Balaban J connectivity index is 0.00000176. The minimum absolute atomic E-state index is 0. The highest BCUT2D eigenvalue weighted by Gasteiger charge is 2.37. The number of benzene rings is 1. The number of likely N-dealkylation sites (tertiary alicyclic amines) is 1. The van der Waals surface area contributed by atoms with Crippen LogP contribution in [0.5, 0.6) is 0 Å². The van der Waals surface area contributed by atoms with Crippen LogP contribution in [0.15, 0.2) is 18.2 Å². The van der Waals surface area contributed by atoms with Gasteiger partial charge in [0.15, 0.2) is 0 Å². The van der Waals surface area contributed by atoms with E-state index in [9.17, 15) is 14.4 Å². The van der Waals surface area contributed by atoms with Crippen LogP contribution in [0.4, 0.5) is 0 Å². The topological polar surface area (TPSA) is 83.7 Å². The first-order valence-corrected chi connectivity index (χ1v) is 6.97. The summed E-state index contributed by atoms with van der Waals surface area (Å²) in [5.41, 5.74) is 7.43. The van der Waals surface area contributed by atoms with E-state index in [1.807, 2.05) is 6.92 Å². The molecule has 3 rings (SSSR count). The molecule has 0 saturated carbocycles. The van der Waals surface area contributed by atoms with E-state index in [2.05, 4.69) is 0 Å². The maximum Gasteiger partial charge on any atom is 0.262 e. The van der Waals surface area contributed by atoms with Gasteiger partial charge in [-0.2, -0.15) is 0 Å². The standard InChI is InChI=1S/C15H17N3O3.ClH/c1-9-2-3-11-12(6-9)15(21)18(14(11)20)8-13(19)17-5-4-10(16)7-17;/h2-3,6,10H,4-5,7-8,16H2,1H3;1H/t10-;/m1./s1. The smallest absolute Gasteiger partial charge is 0.262 e. The van der Waals surface area contributed by atoms with Gasteiger partial charge in [0.2, 0.25) is 5.91 Å². The Hall–Kier alpha value is -1.92. The van der Waals surface area contributed by atoms with Gasteiger partial charge in [-0.3, -0.25) is 19.3 Å². The molecule has 118 valence electrons. The highest BCUT2D eigenvalue weighted by molar-refractivity contribution is 6.22. The Morgan fingerprint density at radius 3 is 2.59 bits per heavy atom. The summed E-state index contributed by atoms with van der Waals surface area (Å²) < 4.78 is 0. The van der Waals surface area contributed by atoms with Crippen molar-refractivity contribution in [3.63, 3.8) is 0 Å². The summed E-state index contributed by atoms with van der Waals surface area (Å²) in [4.78, 5) is 39.3. The third-order valence-corrected chi connectivity index (χ3v) is 4.00. The van der Waals surface area contributed by atoms with Gasteiger partial charge in [-0.25, -0.2) is 0 Å². The Morgan fingerprint density at radius 1 is 1.27 bits per heavy atom. The number of amides is 3. The normalized spacial score (nSPS) is 20.2. The number of carbonyl (C=O) groups excluding carboxylic acids is 3. The van der Waals surface area contributed by atoms with Gasteiger partial charge < -0.3 is 10.6 Å². The van der Waals surface area contributed by atoms with Gasteiger partial charge in [0, 0.05) is 19.1 Å². The lowest BCUT2D eigenvalue weighted by Crippen LogP contribution is -2.42. The van der Waals surface area contributed by atoms with Gasteiger partial charge in [-0.1, -0.05) is 11.6 Å². The molecule has 1 aromatic carbocycles. The first kappa shape index (κ1) is 16.5. The van der Waals surface area contributed by atoms with Crippen LogP contribution in [0.1, 0.15) is 32.7 Å². The predicted octanol–water partition coefficient (Wildman–Crippen LogP) is 0.572. The zero-order chi connectivity index (χ0) is 15.1. The van der Waals surface area contributed by atoms with Gasteiger partial charge in [0.1, 0.15) is 6.54 Å². The molecular formula is C15H18ClN3O3. The summed E-state index contributed by atoms with van der Waals surface area (Å²) in [6.07, 6.45) is 0.757. The third-order valence-electron chi connectivity index (χ3n) is 4.00. The minimum atomic E-state index is -0.396. The van der Waals surface area contributed by atoms with E-state index in [1.165, 1.54) is 0 Å². The molecule has 1 aromatic rings. The second kappa shape index (κ2) is 6.06. The third kappa shape index (κ3) is 2.71. The average Bonchev–Trinajstić information content (AvgIpc) is 2.97. The monoisotopic (exact) mass is 323 g/mol. The van der Waals surface area contributed by atoms with Crippen LogP contribution in [-0.4, -0.2) is 53.2 Å². The molecule has 2 aliphatic heterocycles. The number of carbonyl (C=O) groups is 3. The molecule has 1 atom stereocenters. The molecule has 0 bridgehead atoms. The Morgan fingerprint density at radius 2 is 1.95 bits per heavy atom. The minimum Gasteiger partial charge on any atom is -0.340 e. The van der Waals surface area contributed by atoms with Gasteiger partial charge >= 0.3 is 0 Å². The van der Waals surface area contributed by atoms with Crippen molar-refractivity contribution in [2.75, 3.05) is 19.6 Å². The molecule has 0 unspecified atom stereocenters. The molecular weight excluding hydrogens is 306 g/mol. The number of imide groups is 1. The molecule has 3 amide bonds. The number of aryl methyl sites for hydroxylation is 1. The lowest BCUT2D eigenvalue weighted by atomic mass is 10.1. The average molecular weight is 324 g/mol. The summed E-state index contributed by atoms with van der Waals surface area (Å²) in [5, 5.41) is 0. The second-order valence-corrected chi connectivity index (χ2v) is 5.63. The maximum absolute atomic E-state index is 12.3. The van der Waals surface area contributed by atoms with E-state index >= 15 is 0 Å². The van der Waals surface area contributed by atoms with E-state index in [0.29, 0.717) is 24.2 Å². The summed E-state index contributed by atoms with van der Waals surface area (Å²) in [6, 6.07) is 5.10. The van der Waals surface area contributed by atoms with Crippen LogP contribution in [0.2, 0.25) is 0 Å². The van der Waals surface area contributed by atoms with E-state index < -0.39 is 11.8 Å². The van der Waals surface area contributed by atoms with E-state index in [4.69, 9.17) is 5.73 Å². The molecule has 2 heterocycles.